The van der Waals surface area contributed by atoms with E-state index < -0.39 is 0 Å². The van der Waals surface area contributed by atoms with Crippen molar-refractivity contribution in [3.05, 3.63) is 70.8 Å². The highest BCUT2D eigenvalue weighted by Crippen LogP contribution is 2.31. The zero-order chi connectivity index (χ0) is 19.4. The van der Waals surface area contributed by atoms with Gasteiger partial charge >= 0.3 is 0 Å². The Morgan fingerprint density at radius 1 is 0.769 bits per heavy atom. The third kappa shape index (κ3) is 5.28. The molecule has 26 heavy (non-hydrogen) atoms. The molecule has 0 amide bonds. The van der Waals surface area contributed by atoms with Gasteiger partial charge in [0.15, 0.2) is 0 Å². The van der Waals surface area contributed by atoms with Crippen LogP contribution in [0.3, 0.4) is 0 Å². The summed E-state index contributed by atoms with van der Waals surface area (Å²) in [6.45, 7) is 18.1. The molecule has 0 N–H and O–H groups in total. The molecule has 0 spiro atoms. The molecule has 0 aliphatic rings. The van der Waals surface area contributed by atoms with E-state index in [1.807, 2.05) is 0 Å². The van der Waals surface area contributed by atoms with Gasteiger partial charge < -0.3 is 4.74 Å². The summed E-state index contributed by atoms with van der Waals surface area (Å²) >= 11 is 0. The van der Waals surface area contributed by atoms with Crippen LogP contribution in [-0.2, 0) is 15.6 Å². The molecule has 0 aliphatic heterocycles. The van der Waals surface area contributed by atoms with Gasteiger partial charge in [0.25, 0.3) is 0 Å². The molecule has 2 heteroatoms. The lowest BCUT2D eigenvalue weighted by molar-refractivity contribution is 0.0867. The number of benzene rings is 2. The highest BCUT2D eigenvalue weighted by molar-refractivity contribution is 5.36. The molecular weight excluding hydrogens is 318 g/mol. The van der Waals surface area contributed by atoms with Crippen molar-refractivity contribution in [1.82, 2.24) is 0 Å². The smallest absolute Gasteiger partial charge is 0.108 e. The molecule has 0 unspecified atom stereocenters. The standard InChI is InChI=1S/C24H33NO/c1-23(2,3)20-12-8-18(9-13-20)22(26-17-16-25-7)19-10-14-21(15-11-19)24(4,5)6/h8-15,22H,7,16-17H2,1-6H3. The van der Waals surface area contributed by atoms with Crippen LogP contribution in [0.1, 0.15) is 69.9 Å². The van der Waals surface area contributed by atoms with Crippen LogP contribution in [0.2, 0.25) is 0 Å². The zero-order valence-corrected chi connectivity index (χ0v) is 17.2. The van der Waals surface area contributed by atoms with E-state index in [0.29, 0.717) is 13.2 Å². The van der Waals surface area contributed by atoms with Crippen molar-refractivity contribution in [2.24, 2.45) is 4.99 Å². The Labute approximate surface area is 159 Å². The molecule has 0 saturated heterocycles. The van der Waals surface area contributed by atoms with E-state index in [1.54, 1.807) is 0 Å². The minimum absolute atomic E-state index is 0.0835. The van der Waals surface area contributed by atoms with Gasteiger partial charge in [-0.25, -0.2) is 0 Å². The Bertz CT molecular complexity index is 642. The maximum Gasteiger partial charge on any atom is 0.108 e. The first-order valence-corrected chi connectivity index (χ1v) is 9.38. The van der Waals surface area contributed by atoms with Crippen LogP contribution < -0.4 is 0 Å². The van der Waals surface area contributed by atoms with Crippen molar-refractivity contribution in [2.45, 2.75) is 58.5 Å². The topological polar surface area (TPSA) is 21.6 Å². The molecule has 0 fully saturated rings. The molecule has 0 aromatic heterocycles. The van der Waals surface area contributed by atoms with Crippen molar-refractivity contribution in [1.29, 1.82) is 0 Å². The Morgan fingerprint density at radius 2 is 1.15 bits per heavy atom. The molecule has 0 saturated carbocycles. The van der Waals surface area contributed by atoms with E-state index in [9.17, 15) is 0 Å². The Balaban J connectivity index is 2.32. The van der Waals surface area contributed by atoms with Crippen LogP contribution in [-0.4, -0.2) is 19.9 Å². The molecule has 140 valence electrons. The highest BCUT2D eigenvalue weighted by atomic mass is 16.5. The van der Waals surface area contributed by atoms with Crippen molar-refractivity contribution >= 4 is 6.72 Å². The predicted molar refractivity (Wildman–Crippen MR) is 112 cm³/mol. The van der Waals surface area contributed by atoms with Crippen molar-refractivity contribution in [3.63, 3.8) is 0 Å². The monoisotopic (exact) mass is 351 g/mol. The lowest BCUT2D eigenvalue weighted by Gasteiger charge is -2.24. The maximum absolute atomic E-state index is 6.17. The minimum Gasteiger partial charge on any atom is -0.367 e. The predicted octanol–water partition coefficient (Wildman–Crippen LogP) is 6.09. The number of hydrogen-bond donors (Lipinski definition) is 0. The second kappa shape index (κ2) is 8.18. The normalized spacial score (nSPS) is 12.4. The third-order valence-electron chi connectivity index (χ3n) is 4.69. The summed E-state index contributed by atoms with van der Waals surface area (Å²) in [5.41, 5.74) is 5.30. The number of aliphatic imine (C=N–C) groups is 1. The quantitative estimate of drug-likeness (QED) is 0.456. The molecule has 2 aromatic rings. The summed E-state index contributed by atoms with van der Waals surface area (Å²) in [5, 5.41) is 0. The molecule has 2 nitrogen and oxygen atoms in total. The Morgan fingerprint density at radius 3 is 1.46 bits per heavy atom. The first-order chi connectivity index (χ1) is 12.1. The molecule has 0 heterocycles. The van der Waals surface area contributed by atoms with Gasteiger partial charge in [0.1, 0.15) is 6.10 Å². The molecular formula is C24H33NO. The molecule has 0 atom stereocenters. The molecule has 0 aliphatic carbocycles. The van der Waals surface area contributed by atoms with Gasteiger partial charge in [-0.2, -0.15) is 0 Å². The number of rotatable bonds is 6. The first kappa shape index (κ1) is 20.4. The SMILES string of the molecule is C=NCCOC(c1ccc(C(C)(C)C)cc1)c1ccc(C(C)(C)C)cc1. The molecule has 0 radical (unpaired) electrons. The fourth-order valence-corrected chi connectivity index (χ4v) is 2.94. The summed E-state index contributed by atoms with van der Waals surface area (Å²) in [6, 6.07) is 17.6. The second-order valence-electron chi connectivity index (χ2n) is 8.94. The van der Waals surface area contributed by atoms with Gasteiger partial charge in [0, 0.05) is 0 Å². The first-order valence-electron chi connectivity index (χ1n) is 9.38. The maximum atomic E-state index is 6.17. The summed E-state index contributed by atoms with van der Waals surface area (Å²) in [5.74, 6) is 0. The van der Waals surface area contributed by atoms with Gasteiger partial charge in [-0.1, -0.05) is 90.1 Å². The van der Waals surface area contributed by atoms with Gasteiger partial charge in [-0.3, -0.25) is 4.99 Å². The number of nitrogens with zero attached hydrogens (tertiary/aromatic N) is 1. The zero-order valence-electron chi connectivity index (χ0n) is 17.2. The Kier molecular flexibility index (Phi) is 6.41. The van der Waals surface area contributed by atoms with Gasteiger partial charge in [0.05, 0.1) is 13.2 Å². The van der Waals surface area contributed by atoms with Crippen LogP contribution in [0.5, 0.6) is 0 Å². The van der Waals surface area contributed by atoms with Crippen LogP contribution in [0, 0.1) is 0 Å². The fourth-order valence-electron chi connectivity index (χ4n) is 2.94. The Hall–Kier alpha value is -1.93. The van der Waals surface area contributed by atoms with Gasteiger partial charge in [0.2, 0.25) is 0 Å². The van der Waals surface area contributed by atoms with Crippen LogP contribution in [0.4, 0.5) is 0 Å². The van der Waals surface area contributed by atoms with E-state index in [1.165, 1.54) is 22.3 Å². The number of ether oxygens (including phenoxy) is 1. The van der Waals surface area contributed by atoms with Crippen LogP contribution in [0.25, 0.3) is 0 Å². The summed E-state index contributed by atoms with van der Waals surface area (Å²) in [4.78, 5) is 3.91. The summed E-state index contributed by atoms with van der Waals surface area (Å²) < 4.78 is 6.17. The highest BCUT2D eigenvalue weighted by Gasteiger charge is 2.19. The van der Waals surface area contributed by atoms with Crippen LogP contribution in [0.15, 0.2) is 53.5 Å². The van der Waals surface area contributed by atoms with E-state index >= 15 is 0 Å². The second-order valence-corrected chi connectivity index (χ2v) is 8.94. The average Bonchev–Trinajstić information content (AvgIpc) is 2.58. The van der Waals surface area contributed by atoms with Crippen molar-refractivity contribution in [3.8, 4) is 0 Å². The van der Waals surface area contributed by atoms with Crippen LogP contribution >= 0.6 is 0 Å². The van der Waals surface area contributed by atoms with E-state index in [2.05, 4.69) is 102 Å². The summed E-state index contributed by atoms with van der Waals surface area (Å²) in [7, 11) is 0. The van der Waals surface area contributed by atoms with Gasteiger partial charge in [-0.15, -0.1) is 0 Å². The molecule has 2 rings (SSSR count). The average molecular weight is 352 g/mol. The van der Waals surface area contributed by atoms with E-state index in [0.717, 1.165) is 0 Å². The molecule has 0 bridgehead atoms. The summed E-state index contributed by atoms with van der Waals surface area (Å²) in [6.07, 6.45) is -0.0835. The van der Waals surface area contributed by atoms with Crippen molar-refractivity contribution < 1.29 is 4.74 Å². The van der Waals surface area contributed by atoms with Gasteiger partial charge in [-0.05, 0) is 39.8 Å². The molecule has 2 aromatic carbocycles. The minimum atomic E-state index is -0.0835. The lowest BCUT2D eigenvalue weighted by atomic mass is 9.85. The van der Waals surface area contributed by atoms with E-state index in [4.69, 9.17) is 4.74 Å². The van der Waals surface area contributed by atoms with E-state index in [-0.39, 0.29) is 16.9 Å². The lowest BCUT2D eigenvalue weighted by Crippen LogP contribution is -2.14. The fraction of sp³-hybridized carbons (Fsp3) is 0.458. The third-order valence-corrected chi connectivity index (χ3v) is 4.69. The number of hydrogen-bond acceptors (Lipinski definition) is 2. The van der Waals surface area contributed by atoms with Crippen molar-refractivity contribution in [2.75, 3.05) is 13.2 Å². The largest absolute Gasteiger partial charge is 0.367 e.